The number of carbonyl (C=O) groups is 1. The standard InChI is InChI=1S/C15H16N2OS/c1-17(13-7-5-12(16)6-8-13)15(18)11-3-9-14(19-2)10-4-11/h3-10H,16H2,1-2H3. The number of thioether (sulfide) groups is 1. The van der Waals surface area contributed by atoms with Gasteiger partial charge in [-0.15, -0.1) is 11.8 Å². The predicted octanol–water partition coefficient (Wildman–Crippen LogP) is 3.27. The van der Waals surface area contributed by atoms with Crippen molar-refractivity contribution < 1.29 is 4.79 Å². The van der Waals surface area contributed by atoms with Crippen LogP contribution in [0.1, 0.15) is 10.4 Å². The van der Waals surface area contributed by atoms with E-state index in [-0.39, 0.29) is 5.91 Å². The van der Waals surface area contributed by atoms with E-state index in [0.717, 1.165) is 10.6 Å². The van der Waals surface area contributed by atoms with Gasteiger partial charge in [0.2, 0.25) is 0 Å². The van der Waals surface area contributed by atoms with Crippen molar-refractivity contribution in [1.29, 1.82) is 0 Å². The van der Waals surface area contributed by atoms with Crippen molar-refractivity contribution >= 4 is 29.0 Å². The van der Waals surface area contributed by atoms with Gasteiger partial charge in [-0.05, 0) is 54.8 Å². The summed E-state index contributed by atoms with van der Waals surface area (Å²) in [5.74, 6) is -0.0302. The van der Waals surface area contributed by atoms with Crippen molar-refractivity contribution in [2.75, 3.05) is 23.9 Å². The Kier molecular flexibility index (Phi) is 4.12. The first-order valence-corrected chi connectivity index (χ1v) is 7.12. The SMILES string of the molecule is CSc1ccc(C(=O)N(C)c2ccc(N)cc2)cc1. The van der Waals surface area contributed by atoms with Crippen LogP contribution in [0.2, 0.25) is 0 Å². The summed E-state index contributed by atoms with van der Waals surface area (Å²) < 4.78 is 0. The van der Waals surface area contributed by atoms with Crippen LogP contribution in [0.4, 0.5) is 11.4 Å². The van der Waals surface area contributed by atoms with Gasteiger partial charge in [0.15, 0.2) is 0 Å². The van der Waals surface area contributed by atoms with Crippen molar-refractivity contribution in [2.24, 2.45) is 0 Å². The van der Waals surface area contributed by atoms with Crippen molar-refractivity contribution in [2.45, 2.75) is 4.90 Å². The minimum Gasteiger partial charge on any atom is -0.399 e. The van der Waals surface area contributed by atoms with Gasteiger partial charge in [-0.2, -0.15) is 0 Å². The van der Waals surface area contributed by atoms with Gasteiger partial charge in [-0.1, -0.05) is 0 Å². The Morgan fingerprint density at radius 2 is 1.63 bits per heavy atom. The molecule has 1 amide bonds. The summed E-state index contributed by atoms with van der Waals surface area (Å²) in [5.41, 5.74) is 7.83. The van der Waals surface area contributed by atoms with E-state index >= 15 is 0 Å². The first-order valence-electron chi connectivity index (χ1n) is 5.89. The topological polar surface area (TPSA) is 46.3 Å². The highest BCUT2D eigenvalue weighted by Crippen LogP contribution is 2.19. The summed E-state index contributed by atoms with van der Waals surface area (Å²) in [6.45, 7) is 0. The van der Waals surface area contributed by atoms with E-state index in [4.69, 9.17) is 5.73 Å². The van der Waals surface area contributed by atoms with E-state index < -0.39 is 0 Å². The smallest absolute Gasteiger partial charge is 0.258 e. The number of hydrogen-bond acceptors (Lipinski definition) is 3. The zero-order valence-corrected chi connectivity index (χ0v) is 11.8. The van der Waals surface area contributed by atoms with Gasteiger partial charge in [-0.25, -0.2) is 0 Å². The molecule has 0 aliphatic rings. The van der Waals surface area contributed by atoms with E-state index in [0.29, 0.717) is 11.3 Å². The van der Waals surface area contributed by atoms with Crippen LogP contribution in [0.15, 0.2) is 53.4 Å². The molecule has 0 bridgehead atoms. The monoisotopic (exact) mass is 272 g/mol. The van der Waals surface area contributed by atoms with Crippen LogP contribution in [0.5, 0.6) is 0 Å². The molecule has 0 saturated heterocycles. The lowest BCUT2D eigenvalue weighted by atomic mass is 10.2. The van der Waals surface area contributed by atoms with Crippen LogP contribution in [0.25, 0.3) is 0 Å². The maximum Gasteiger partial charge on any atom is 0.258 e. The lowest BCUT2D eigenvalue weighted by molar-refractivity contribution is 0.0993. The second-order valence-corrected chi connectivity index (χ2v) is 5.06. The minimum atomic E-state index is -0.0302. The molecule has 98 valence electrons. The fourth-order valence-electron chi connectivity index (χ4n) is 1.74. The molecule has 0 aromatic heterocycles. The molecule has 0 aliphatic carbocycles. The second kappa shape index (κ2) is 5.80. The highest BCUT2D eigenvalue weighted by molar-refractivity contribution is 7.98. The van der Waals surface area contributed by atoms with Gasteiger partial charge in [0, 0.05) is 28.9 Å². The highest BCUT2D eigenvalue weighted by atomic mass is 32.2. The predicted molar refractivity (Wildman–Crippen MR) is 81.8 cm³/mol. The third kappa shape index (κ3) is 3.09. The molecule has 0 unspecified atom stereocenters. The van der Waals surface area contributed by atoms with Gasteiger partial charge >= 0.3 is 0 Å². The number of amides is 1. The van der Waals surface area contributed by atoms with Crippen molar-refractivity contribution in [3.63, 3.8) is 0 Å². The molecular formula is C15H16N2OS. The number of nitrogens with zero attached hydrogens (tertiary/aromatic N) is 1. The molecule has 0 radical (unpaired) electrons. The average Bonchev–Trinajstić information content (AvgIpc) is 2.46. The number of benzene rings is 2. The number of anilines is 2. The maximum atomic E-state index is 12.3. The van der Waals surface area contributed by atoms with Crippen LogP contribution >= 0.6 is 11.8 Å². The molecule has 2 N–H and O–H groups in total. The number of carbonyl (C=O) groups excluding carboxylic acids is 1. The van der Waals surface area contributed by atoms with E-state index in [1.54, 1.807) is 35.8 Å². The lowest BCUT2D eigenvalue weighted by Gasteiger charge is -2.17. The maximum absolute atomic E-state index is 12.3. The molecule has 2 aromatic carbocycles. The van der Waals surface area contributed by atoms with Crippen molar-refractivity contribution in [3.05, 3.63) is 54.1 Å². The second-order valence-electron chi connectivity index (χ2n) is 4.18. The molecule has 2 aromatic rings. The molecule has 0 spiro atoms. The molecule has 0 aliphatic heterocycles. The van der Waals surface area contributed by atoms with Gasteiger partial charge in [0.1, 0.15) is 0 Å². The Labute approximate surface area is 117 Å². The van der Waals surface area contributed by atoms with E-state index in [2.05, 4.69) is 0 Å². The molecule has 0 saturated carbocycles. The van der Waals surface area contributed by atoms with Crippen LogP contribution in [-0.4, -0.2) is 19.2 Å². The Balaban J connectivity index is 2.20. The quantitative estimate of drug-likeness (QED) is 0.689. The van der Waals surface area contributed by atoms with Crippen LogP contribution < -0.4 is 10.6 Å². The largest absolute Gasteiger partial charge is 0.399 e. The van der Waals surface area contributed by atoms with Gasteiger partial charge < -0.3 is 10.6 Å². The van der Waals surface area contributed by atoms with Crippen LogP contribution in [0, 0.1) is 0 Å². The fraction of sp³-hybridized carbons (Fsp3) is 0.133. The molecule has 3 nitrogen and oxygen atoms in total. The van der Waals surface area contributed by atoms with E-state index in [1.807, 2.05) is 42.7 Å². The average molecular weight is 272 g/mol. The first kappa shape index (κ1) is 13.5. The van der Waals surface area contributed by atoms with Crippen LogP contribution in [0.3, 0.4) is 0 Å². The molecule has 19 heavy (non-hydrogen) atoms. The normalized spacial score (nSPS) is 10.2. The fourth-order valence-corrected chi connectivity index (χ4v) is 2.15. The summed E-state index contributed by atoms with van der Waals surface area (Å²) in [7, 11) is 1.76. The zero-order chi connectivity index (χ0) is 13.8. The van der Waals surface area contributed by atoms with Crippen molar-refractivity contribution in [3.8, 4) is 0 Å². The Hall–Kier alpha value is -1.94. The Morgan fingerprint density at radius 1 is 1.05 bits per heavy atom. The third-order valence-corrected chi connectivity index (χ3v) is 3.67. The highest BCUT2D eigenvalue weighted by Gasteiger charge is 2.13. The molecule has 4 heteroatoms. The number of hydrogen-bond donors (Lipinski definition) is 1. The van der Waals surface area contributed by atoms with Crippen molar-refractivity contribution in [1.82, 2.24) is 0 Å². The van der Waals surface area contributed by atoms with Gasteiger partial charge in [0.05, 0.1) is 0 Å². The summed E-state index contributed by atoms with van der Waals surface area (Å²) in [5, 5.41) is 0. The summed E-state index contributed by atoms with van der Waals surface area (Å²) in [4.78, 5) is 15.1. The zero-order valence-electron chi connectivity index (χ0n) is 11.0. The summed E-state index contributed by atoms with van der Waals surface area (Å²) >= 11 is 1.66. The lowest BCUT2D eigenvalue weighted by Crippen LogP contribution is -2.26. The Morgan fingerprint density at radius 3 is 2.16 bits per heavy atom. The minimum absolute atomic E-state index is 0.0302. The number of nitrogen functional groups attached to an aromatic ring is 1. The van der Waals surface area contributed by atoms with Crippen LogP contribution in [-0.2, 0) is 0 Å². The number of nitrogens with two attached hydrogens (primary N) is 1. The van der Waals surface area contributed by atoms with E-state index in [1.165, 1.54) is 0 Å². The number of rotatable bonds is 3. The van der Waals surface area contributed by atoms with Gasteiger partial charge in [-0.3, -0.25) is 4.79 Å². The summed E-state index contributed by atoms with van der Waals surface area (Å²) in [6.07, 6.45) is 2.01. The van der Waals surface area contributed by atoms with E-state index in [9.17, 15) is 4.79 Å². The molecular weight excluding hydrogens is 256 g/mol. The first-order chi connectivity index (χ1) is 9.11. The molecule has 0 fully saturated rings. The molecule has 0 heterocycles. The Bertz CT molecular complexity index is 564. The molecule has 0 atom stereocenters. The summed E-state index contributed by atoms with van der Waals surface area (Å²) in [6, 6.07) is 14.9. The van der Waals surface area contributed by atoms with Gasteiger partial charge in [0.25, 0.3) is 5.91 Å². The third-order valence-electron chi connectivity index (χ3n) is 2.92. The molecule has 2 rings (SSSR count).